The molecule has 0 spiro atoms. The smallest absolute Gasteiger partial charge is 0.270 e. The van der Waals surface area contributed by atoms with Gasteiger partial charge in [-0.2, -0.15) is 5.26 Å². The molecule has 0 radical (unpaired) electrons. The summed E-state index contributed by atoms with van der Waals surface area (Å²) in [6.07, 6.45) is 0.795. The van der Waals surface area contributed by atoms with Gasteiger partial charge in [-0.1, -0.05) is 25.4 Å². The number of benzene rings is 1. The molecule has 0 amide bonds. The summed E-state index contributed by atoms with van der Waals surface area (Å²) < 4.78 is 5.60. The fourth-order valence-electron chi connectivity index (χ4n) is 3.46. The second-order valence-electron chi connectivity index (χ2n) is 7.17. The molecule has 0 saturated heterocycles. The van der Waals surface area contributed by atoms with E-state index in [0.29, 0.717) is 29.7 Å². The molecule has 3 rings (SSSR count). The predicted molar refractivity (Wildman–Crippen MR) is 93.8 cm³/mol. The van der Waals surface area contributed by atoms with Crippen LogP contribution in [0.2, 0.25) is 5.02 Å². The molecule has 26 heavy (non-hydrogen) atoms. The Kier molecular flexibility index (Phi) is 4.24. The van der Waals surface area contributed by atoms with Crippen molar-refractivity contribution >= 4 is 23.1 Å². The molecule has 0 bridgehead atoms. The molecule has 0 saturated carbocycles. The number of nitriles is 1. The van der Waals surface area contributed by atoms with Crippen LogP contribution in [0.15, 0.2) is 41.0 Å². The summed E-state index contributed by atoms with van der Waals surface area (Å²) in [7, 11) is 0. The standard InChI is InChI=1S/C18H16ClN3O4/c1-18(2)6-13(23)16-14(7-18)26-17(21)11(8-20)15(16)10-4-3-9(22(24)25)5-12(10)19/h3-5,15H,6-7,21H2,1-2H3/t15-/m0/s1. The Hall–Kier alpha value is -2.85. The highest BCUT2D eigenvalue weighted by Crippen LogP contribution is 2.49. The number of carbonyl (C=O) groups excluding carboxylic acids is 1. The Morgan fingerprint density at radius 2 is 2.12 bits per heavy atom. The Morgan fingerprint density at radius 3 is 2.69 bits per heavy atom. The average molecular weight is 374 g/mol. The molecule has 0 fully saturated rings. The number of ketones is 1. The lowest BCUT2D eigenvalue weighted by atomic mass is 9.70. The van der Waals surface area contributed by atoms with Crippen LogP contribution in [0.5, 0.6) is 0 Å². The Balaban J connectivity index is 2.20. The average Bonchev–Trinajstić information content (AvgIpc) is 2.52. The van der Waals surface area contributed by atoms with Gasteiger partial charge in [0.25, 0.3) is 5.69 Å². The normalized spacial score (nSPS) is 21.8. The summed E-state index contributed by atoms with van der Waals surface area (Å²) in [5, 5.41) is 20.6. The quantitative estimate of drug-likeness (QED) is 0.623. The molecular weight excluding hydrogens is 358 g/mol. The molecule has 134 valence electrons. The van der Waals surface area contributed by atoms with E-state index in [1.54, 1.807) is 0 Å². The molecule has 0 unspecified atom stereocenters. The molecule has 1 heterocycles. The van der Waals surface area contributed by atoms with E-state index >= 15 is 0 Å². The highest BCUT2D eigenvalue weighted by Gasteiger charge is 2.43. The Bertz CT molecular complexity index is 940. The van der Waals surface area contributed by atoms with Crippen LogP contribution in [0.3, 0.4) is 0 Å². The van der Waals surface area contributed by atoms with Crippen molar-refractivity contribution in [2.75, 3.05) is 0 Å². The Labute approximate surface area is 154 Å². The summed E-state index contributed by atoms with van der Waals surface area (Å²) in [4.78, 5) is 23.2. The van der Waals surface area contributed by atoms with E-state index in [0.717, 1.165) is 0 Å². The molecule has 1 aromatic carbocycles. The first kappa shape index (κ1) is 18.0. The lowest BCUT2D eigenvalue weighted by Gasteiger charge is -2.37. The second-order valence-corrected chi connectivity index (χ2v) is 7.57. The van der Waals surface area contributed by atoms with Gasteiger partial charge in [0.1, 0.15) is 17.4 Å². The highest BCUT2D eigenvalue weighted by molar-refractivity contribution is 6.31. The summed E-state index contributed by atoms with van der Waals surface area (Å²) in [6, 6.07) is 5.94. The van der Waals surface area contributed by atoms with Crippen LogP contribution in [-0.4, -0.2) is 10.7 Å². The van der Waals surface area contributed by atoms with Crippen LogP contribution in [0.4, 0.5) is 5.69 Å². The van der Waals surface area contributed by atoms with Crippen LogP contribution in [0.1, 0.15) is 38.2 Å². The first-order valence-electron chi connectivity index (χ1n) is 7.92. The van der Waals surface area contributed by atoms with Gasteiger partial charge >= 0.3 is 0 Å². The van der Waals surface area contributed by atoms with Gasteiger partial charge < -0.3 is 10.5 Å². The topological polar surface area (TPSA) is 119 Å². The highest BCUT2D eigenvalue weighted by atomic mass is 35.5. The van der Waals surface area contributed by atoms with E-state index < -0.39 is 10.8 Å². The number of hydrogen-bond donors (Lipinski definition) is 1. The maximum Gasteiger partial charge on any atom is 0.270 e. The SMILES string of the molecule is CC1(C)CC(=O)C2=C(C1)OC(N)=C(C#N)[C@@H]2c1ccc([N+](=O)[O-])cc1Cl. The van der Waals surface area contributed by atoms with Gasteiger partial charge in [-0.15, -0.1) is 0 Å². The van der Waals surface area contributed by atoms with E-state index in [2.05, 4.69) is 0 Å². The maximum atomic E-state index is 12.8. The van der Waals surface area contributed by atoms with Crippen molar-refractivity contribution in [1.29, 1.82) is 5.26 Å². The number of nitrogens with zero attached hydrogens (tertiary/aromatic N) is 2. The van der Waals surface area contributed by atoms with Crippen molar-refractivity contribution in [2.45, 2.75) is 32.6 Å². The summed E-state index contributed by atoms with van der Waals surface area (Å²) in [5.41, 5.74) is 6.31. The second kappa shape index (κ2) is 6.15. The number of non-ortho nitro benzene ring substituents is 1. The third-order valence-corrected chi connectivity index (χ3v) is 4.91. The molecule has 1 aromatic rings. The molecule has 0 aromatic heterocycles. The monoisotopic (exact) mass is 373 g/mol. The number of allylic oxidation sites excluding steroid dienone is 3. The van der Waals surface area contributed by atoms with Crippen molar-refractivity contribution in [3.8, 4) is 6.07 Å². The molecule has 1 aliphatic heterocycles. The first-order valence-corrected chi connectivity index (χ1v) is 8.30. The number of nitrogens with two attached hydrogens (primary N) is 1. The van der Waals surface area contributed by atoms with Crippen LogP contribution in [0.25, 0.3) is 0 Å². The van der Waals surface area contributed by atoms with Crippen molar-refractivity contribution in [3.05, 3.63) is 61.7 Å². The number of carbonyl (C=O) groups is 1. The third-order valence-electron chi connectivity index (χ3n) is 4.58. The number of nitro groups is 1. The maximum absolute atomic E-state index is 12.8. The Morgan fingerprint density at radius 1 is 1.42 bits per heavy atom. The minimum atomic E-state index is -0.791. The summed E-state index contributed by atoms with van der Waals surface area (Å²) in [5.74, 6) is -0.574. The van der Waals surface area contributed by atoms with Gasteiger partial charge in [0, 0.05) is 30.5 Å². The molecule has 2 N–H and O–H groups in total. The van der Waals surface area contributed by atoms with E-state index in [9.17, 15) is 20.2 Å². The lowest BCUT2D eigenvalue weighted by molar-refractivity contribution is -0.384. The van der Waals surface area contributed by atoms with E-state index in [-0.39, 0.29) is 33.4 Å². The fourth-order valence-corrected chi connectivity index (χ4v) is 3.74. The first-order chi connectivity index (χ1) is 12.1. The molecule has 7 nitrogen and oxygen atoms in total. The molecule has 1 aliphatic carbocycles. The van der Waals surface area contributed by atoms with Crippen LogP contribution in [-0.2, 0) is 9.53 Å². The van der Waals surface area contributed by atoms with Gasteiger partial charge in [-0.25, -0.2) is 0 Å². The fraction of sp³-hybridized carbons (Fsp3) is 0.333. The van der Waals surface area contributed by atoms with Crippen molar-refractivity contribution < 1.29 is 14.5 Å². The van der Waals surface area contributed by atoms with E-state index in [1.807, 2.05) is 19.9 Å². The van der Waals surface area contributed by atoms with Gasteiger partial charge in [0.2, 0.25) is 5.88 Å². The van der Waals surface area contributed by atoms with E-state index in [1.165, 1.54) is 18.2 Å². The van der Waals surface area contributed by atoms with Gasteiger partial charge in [-0.3, -0.25) is 14.9 Å². The van der Waals surface area contributed by atoms with Crippen molar-refractivity contribution in [1.82, 2.24) is 0 Å². The van der Waals surface area contributed by atoms with Gasteiger partial charge in [-0.05, 0) is 17.0 Å². The zero-order valence-corrected chi connectivity index (χ0v) is 15.0. The third kappa shape index (κ3) is 2.93. The van der Waals surface area contributed by atoms with Crippen LogP contribution in [0, 0.1) is 26.9 Å². The van der Waals surface area contributed by atoms with E-state index in [4.69, 9.17) is 22.1 Å². The van der Waals surface area contributed by atoms with Gasteiger partial charge in [0.15, 0.2) is 5.78 Å². The number of nitro benzene ring substituents is 1. The van der Waals surface area contributed by atoms with Gasteiger partial charge in [0.05, 0.1) is 15.9 Å². The summed E-state index contributed by atoms with van der Waals surface area (Å²) >= 11 is 6.26. The molecular formula is C18H16ClN3O4. The summed E-state index contributed by atoms with van der Waals surface area (Å²) in [6.45, 7) is 3.90. The largest absolute Gasteiger partial charge is 0.444 e. The molecule has 1 atom stereocenters. The minimum Gasteiger partial charge on any atom is -0.444 e. The zero-order chi connectivity index (χ0) is 19.2. The number of halogens is 1. The predicted octanol–water partition coefficient (Wildman–Crippen LogP) is 3.70. The number of hydrogen-bond acceptors (Lipinski definition) is 6. The molecule has 8 heteroatoms. The minimum absolute atomic E-state index is 0.0730. The van der Waals surface area contributed by atoms with Crippen molar-refractivity contribution in [3.63, 3.8) is 0 Å². The zero-order valence-electron chi connectivity index (χ0n) is 14.2. The number of ether oxygens (including phenoxy) is 1. The number of Topliss-reactive ketones (excluding diaryl/α,β-unsaturated/α-hetero) is 1. The number of rotatable bonds is 2. The van der Waals surface area contributed by atoms with Crippen LogP contribution >= 0.6 is 11.6 Å². The lowest BCUT2D eigenvalue weighted by Crippen LogP contribution is -2.33. The molecule has 2 aliphatic rings. The van der Waals surface area contributed by atoms with Crippen molar-refractivity contribution in [2.24, 2.45) is 11.1 Å². The van der Waals surface area contributed by atoms with Crippen LogP contribution < -0.4 is 5.73 Å².